The number of nitrogens with one attached hydrogen (secondary N) is 2. The first-order valence-corrected chi connectivity index (χ1v) is 7.07. The lowest BCUT2D eigenvalue weighted by atomic mass is 10.0. The molecule has 2 N–H and O–H groups in total. The van der Waals surface area contributed by atoms with Crippen LogP contribution < -0.4 is 5.32 Å². The van der Waals surface area contributed by atoms with Gasteiger partial charge in [-0.25, -0.2) is 0 Å². The van der Waals surface area contributed by atoms with E-state index in [-0.39, 0.29) is 5.91 Å². The van der Waals surface area contributed by atoms with Crippen LogP contribution in [0.3, 0.4) is 0 Å². The van der Waals surface area contributed by atoms with Gasteiger partial charge in [-0.15, -0.1) is 0 Å². The molecule has 2 aromatic heterocycles. The Balaban J connectivity index is 1.71. The van der Waals surface area contributed by atoms with E-state index >= 15 is 0 Å². The molecule has 1 aliphatic carbocycles. The van der Waals surface area contributed by atoms with Crippen LogP contribution in [0.1, 0.15) is 59.2 Å². The van der Waals surface area contributed by atoms with Gasteiger partial charge >= 0.3 is 0 Å². The van der Waals surface area contributed by atoms with E-state index in [9.17, 15) is 4.79 Å². The summed E-state index contributed by atoms with van der Waals surface area (Å²) in [7, 11) is 0. The SMILES string of the molecule is Cc1cc(C(=O)Nc2cc(C3CCCC3)[nH]n2)c(C)o1. The zero-order chi connectivity index (χ0) is 14.1. The highest BCUT2D eigenvalue weighted by Crippen LogP contribution is 2.33. The number of rotatable bonds is 3. The highest BCUT2D eigenvalue weighted by molar-refractivity contribution is 6.04. The Kier molecular flexibility index (Phi) is 3.34. The molecule has 5 nitrogen and oxygen atoms in total. The van der Waals surface area contributed by atoms with Crippen molar-refractivity contribution in [3.8, 4) is 0 Å². The molecule has 2 heterocycles. The second kappa shape index (κ2) is 5.15. The van der Waals surface area contributed by atoms with Gasteiger partial charge in [0.2, 0.25) is 0 Å². The zero-order valence-electron chi connectivity index (χ0n) is 11.8. The molecular weight excluding hydrogens is 254 g/mol. The molecule has 5 heteroatoms. The molecule has 20 heavy (non-hydrogen) atoms. The number of carbonyl (C=O) groups excluding carboxylic acids is 1. The Morgan fingerprint density at radius 2 is 2.10 bits per heavy atom. The van der Waals surface area contributed by atoms with Crippen molar-refractivity contribution >= 4 is 11.7 Å². The summed E-state index contributed by atoms with van der Waals surface area (Å²) in [6.07, 6.45) is 4.96. The van der Waals surface area contributed by atoms with Crippen LogP contribution in [0.15, 0.2) is 16.5 Å². The molecule has 1 fully saturated rings. The summed E-state index contributed by atoms with van der Waals surface area (Å²) in [5.41, 5.74) is 1.69. The maximum absolute atomic E-state index is 12.2. The topological polar surface area (TPSA) is 70.9 Å². The van der Waals surface area contributed by atoms with Crippen molar-refractivity contribution in [1.82, 2.24) is 10.2 Å². The second-order valence-electron chi connectivity index (χ2n) is 5.47. The van der Waals surface area contributed by atoms with Crippen LogP contribution in [-0.2, 0) is 0 Å². The number of nitrogens with zero attached hydrogens (tertiary/aromatic N) is 1. The van der Waals surface area contributed by atoms with Crippen molar-refractivity contribution in [2.24, 2.45) is 0 Å². The van der Waals surface area contributed by atoms with E-state index in [0.717, 1.165) is 11.5 Å². The second-order valence-corrected chi connectivity index (χ2v) is 5.47. The van der Waals surface area contributed by atoms with Gasteiger partial charge in [0.15, 0.2) is 5.82 Å². The standard InChI is InChI=1S/C15H19N3O2/c1-9-7-12(10(2)20-9)15(19)16-14-8-13(17-18-14)11-5-3-4-6-11/h7-8,11H,3-6H2,1-2H3,(H2,16,17,18,19). The smallest absolute Gasteiger partial charge is 0.260 e. The number of anilines is 1. The summed E-state index contributed by atoms with van der Waals surface area (Å²) in [5.74, 6) is 2.33. The molecule has 0 bridgehead atoms. The molecule has 0 aliphatic heterocycles. The first-order valence-electron chi connectivity index (χ1n) is 7.07. The lowest BCUT2D eigenvalue weighted by Gasteiger charge is -2.03. The third-order valence-corrected chi connectivity index (χ3v) is 3.92. The lowest BCUT2D eigenvalue weighted by molar-refractivity contribution is 0.102. The molecule has 3 rings (SSSR count). The third kappa shape index (κ3) is 2.48. The summed E-state index contributed by atoms with van der Waals surface area (Å²) >= 11 is 0. The minimum absolute atomic E-state index is 0.177. The Morgan fingerprint density at radius 1 is 1.35 bits per heavy atom. The first-order chi connectivity index (χ1) is 9.63. The highest BCUT2D eigenvalue weighted by atomic mass is 16.3. The minimum atomic E-state index is -0.177. The average molecular weight is 273 g/mol. The molecule has 1 aliphatic rings. The quantitative estimate of drug-likeness (QED) is 0.898. The predicted molar refractivity (Wildman–Crippen MR) is 75.9 cm³/mol. The Morgan fingerprint density at radius 3 is 2.75 bits per heavy atom. The largest absolute Gasteiger partial charge is 0.466 e. The van der Waals surface area contributed by atoms with Gasteiger partial charge in [0, 0.05) is 17.7 Å². The van der Waals surface area contributed by atoms with Crippen LogP contribution >= 0.6 is 0 Å². The normalized spacial score (nSPS) is 15.7. The number of hydrogen-bond acceptors (Lipinski definition) is 3. The molecule has 0 aromatic carbocycles. The van der Waals surface area contributed by atoms with Crippen molar-refractivity contribution < 1.29 is 9.21 Å². The number of carbonyl (C=O) groups is 1. The number of furan rings is 1. The third-order valence-electron chi connectivity index (χ3n) is 3.92. The van der Waals surface area contributed by atoms with Gasteiger partial charge in [0.1, 0.15) is 11.5 Å². The van der Waals surface area contributed by atoms with Gasteiger partial charge in [-0.2, -0.15) is 5.10 Å². The number of amides is 1. The van der Waals surface area contributed by atoms with Crippen LogP contribution in [-0.4, -0.2) is 16.1 Å². The fourth-order valence-corrected chi connectivity index (χ4v) is 2.89. The van der Waals surface area contributed by atoms with E-state index < -0.39 is 0 Å². The maximum atomic E-state index is 12.2. The molecule has 0 unspecified atom stereocenters. The molecule has 0 radical (unpaired) electrons. The summed E-state index contributed by atoms with van der Waals surface area (Å²) in [6.45, 7) is 3.62. The molecule has 1 amide bonds. The predicted octanol–water partition coefficient (Wildman–Crippen LogP) is 3.53. The van der Waals surface area contributed by atoms with Crippen LogP contribution in [0.4, 0.5) is 5.82 Å². The zero-order valence-corrected chi connectivity index (χ0v) is 11.8. The molecule has 106 valence electrons. The first kappa shape index (κ1) is 13.0. The van der Waals surface area contributed by atoms with Crippen molar-refractivity contribution in [2.45, 2.75) is 45.4 Å². The van der Waals surface area contributed by atoms with Crippen molar-refractivity contribution in [3.05, 3.63) is 34.9 Å². The monoisotopic (exact) mass is 273 g/mol. The number of aryl methyl sites for hydroxylation is 2. The molecule has 0 atom stereocenters. The van der Waals surface area contributed by atoms with Gasteiger partial charge in [-0.3, -0.25) is 9.89 Å². The summed E-state index contributed by atoms with van der Waals surface area (Å²) < 4.78 is 5.37. The maximum Gasteiger partial charge on any atom is 0.260 e. The van der Waals surface area contributed by atoms with Crippen LogP contribution in [0.25, 0.3) is 0 Å². The number of H-pyrrole nitrogens is 1. The number of aromatic amines is 1. The fourth-order valence-electron chi connectivity index (χ4n) is 2.89. The number of hydrogen-bond donors (Lipinski definition) is 2. The van der Waals surface area contributed by atoms with Crippen molar-refractivity contribution in [1.29, 1.82) is 0 Å². The fraction of sp³-hybridized carbons (Fsp3) is 0.467. The van der Waals surface area contributed by atoms with Crippen molar-refractivity contribution in [2.75, 3.05) is 5.32 Å². The van der Waals surface area contributed by atoms with E-state index in [1.165, 1.54) is 25.7 Å². The number of aromatic nitrogens is 2. The van der Waals surface area contributed by atoms with E-state index in [2.05, 4.69) is 15.5 Å². The van der Waals surface area contributed by atoms with Gasteiger partial charge in [-0.05, 0) is 32.8 Å². The molecule has 0 saturated heterocycles. The Labute approximate surface area is 117 Å². The van der Waals surface area contributed by atoms with Gasteiger partial charge < -0.3 is 9.73 Å². The molecule has 2 aromatic rings. The highest BCUT2D eigenvalue weighted by Gasteiger charge is 2.20. The molecule has 0 spiro atoms. The van der Waals surface area contributed by atoms with Crippen LogP contribution in [0.5, 0.6) is 0 Å². The summed E-state index contributed by atoms with van der Waals surface area (Å²) in [4.78, 5) is 12.2. The summed E-state index contributed by atoms with van der Waals surface area (Å²) in [5, 5.41) is 10.0. The van der Waals surface area contributed by atoms with Gasteiger partial charge in [-0.1, -0.05) is 12.8 Å². The van der Waals surface area contributed by atoms with E-state index in [1.807, 2.05) is 13.0 Å². The van der Waals surface area contributed by atoms with E-state index in [1.54, 1.807) is 13.0 Å². The summed E-state index contributed by atoms with van der Waals surface area (Å²) in [6, 6.07) is 3.69. The van der Waals surface area contributed by atoms with E-state index in [0.29, 0.717) is 23.1 Å². The van der Waals surface area contributed by atoms with Crippen LogP contribution in [0, 0.1) is 13.8 Å². The van der Waals surface area contributed by atoms with Crippen LogP contribution in [0.2, 0.25) is 0 Å². The Bertz CT molecular complexity index is 621. The average Bonchev–Trinajstić information content (AvgIpc) is 3.09. The van der Waals surface area contributed by atoms with Gasteiger partial charge in [0.05, 0.1) is 5.56 Å². The lowest BCUT2D eigenvalue weighted by Crippen LogP contribution is -2.12. The van der Waals surface area contributed by atoms with Crippen molar-refractivity contribution in [3.63, 3.8) is 0 Å². The molecular formula is C15H19N3O2. The minimum Gasteiger partial charge on any atom is -0.466 e. The Hall–Kier alpha value is -2.04. The molecule has 1 saturated carbocycles. The van der Waals surface area contributed by atoms with Gasteiger partial charge in [0.25, 0.3) is 5.91 Å². The van der Waals surface area contributed by atoms with E-state index in [4.69, 9.17) is 4.42 Å².